The summed E-state index contributed by atoms with van der Waals surface area (Å²) in [6, 6.07) is 1.95. The van der Waals surface area contributed by atoms with Crippen LogP contribution in [0.15, 0.2) is 17.2 Å². The lowest BCUT2D eigenvalue weighted by atomic mass is 10.1. The van der Waals surface area contributed by atoms with Crippen molar-refractivity contribution < 1.29 is 4.74 Å². The van der Waals surface area contributed by atoms with Crippen molar-refractivity contribution in [2.45, 2.75) is 13.5 Å². The zero-order valence-corrected chi connectivity index (χ0v) is 11.3. The van der Waals surface area contributed by atoms with Crippen molar-refractivity contribution >= 4 is 31.8 Å². The number of hydrogen-bond acceptors (Lipinski definition) is 6. The largest absolute Gasteiger partial charge is 0.380 e. The Morgan fingerprint density at radius 2 is 2.32 bits per heavy atom. The Kier molecular flexibility index (Phi) is 2.72. The number of ether oxygens (including phenoxy) is 1. The van der Waals surface area contributed by atoms with E-state index in [1.165, 1.54) is 17.7 Å². The van der Waals surface area contributed by atoms with Crippen molar-refractivity contribution in [2.75, 3.05) is 13.0 Å². The standard InChI is InChI=1S/C12H12N4O2S/c1-6-3-7(4-18-2)8-9-10(19-11(8)15-6)12(17)16(13)5-14-9/h3,5H,4,13H2,1-2H3. The van der Waals surface area contributed by atoms with Gasteiger partial charge in [-0.05, 0) is 18.6 Å². The maximum absolute atomic E-state index is 12.0. The summed E-state index contributed by atoms with van der Waals surface area (Å²) in [5.74, 6) is 5.54. The topological polar surface area (TPSA) is 83.0 Å². The van der Waals surface area contributed by atoms with E-state index in [4.69, 9.17) is 10.6 Å². The highest BCUT2D eigenvalue weighted by atomic mass is 32.1. The van der Waals surface area contributed by atoms with Crippen LogP contribution >= 0.6 is 11.3 Å². The predicted molar refractivity (Wildman–Crippen MR) is 74.8 cm³/mol. The molecule has 0 saturated heterocycles. The quantitative estimate of drug-likeness (QED) is 0.710. The molecule has 0 radical (unpaired) electrons. The molecule has 6 nitrogen and oxygen atoms in total. The van der Waals surface area contributed by atoms with Crippen LogP contribution in [0, 0.1) is 6.92 Å². The van der Waals surface area contributed by atoms with E-state index < -0.39 is 0 Å². The molecule has 0 saturated carbocycles. The molecule has 7 heteroatoms. The zero-order valence-electron chi connectivity index (χ0n) is 10.5. The molecule has 3 aromatic rings. The second-order valence-electron chi connectivity index (χ2n) is 4.27. The van der Waals surface area contributed by atoms with Crippen LogP contribution < -0.4 is 11.4 Å². The van der Waals surface area contributed by atoms with E-state index in [0.717, 1.165) is 26.2 Å². The van der Waals surface area contributed by atoms with Gasteiger partial charge in [0.1, 0.15) is 15.9 Å². The van der Waals surface area contributed by atoms with Gasteiger partial charge in [0.25, 0.3) is 5.56 Å². The fraction of sp³-hybridized carbons (Fsp3) is 0.250. The Balaban J connectivity index is 2.50. The van der Waals surface area contributed by atoms with Crippen LogP contribution in [-0.2, 0) is 11.3 Å². The van der Waals surface area contributed by atoms with Crippen molar-refractivity contribution in [3.05, 3.63) is 34.0 Å². The number of nitrogens with two attached hydrogens (primary N) is 1. The summed E-state index contributed by atoms with van der Waals surface area (Å²) in [6.07, 6.45) is 1.33. The maximum Gasteiger partial charge on any atom is 0.289 e. The first-order valence-electron chi connectivity index (χ1n) is 5.66. The first kappa shape index (κ1) is 12.1. The fourth-order valence-corrected chi connectivity index (χ4v) is 3.28. The predicted octanol–water partition coefficient (Wildman–Crippen LogP) is 1.17. The van der Waals surface area contributed by atoms with Gasteiger partial charge in [-0.15, -0.1) is 11.3 Å². The monoisotopic (exact) mass is 276 g/mol. The van der Waals surface area contributed by atoms with E-state index in [9.17, 15) is 4.79 Å². The minimum Gasteiger partial charge on any atom is -0.380 e. The molecule has 98 valence electrons. The Bertz CT molecular complexity index is 837. The smallest absolute Gasteiger partial charge is 0.289 e. The molecule has 0 aliphatic heterocycles. The number of methoxy groups -OCH3 is 1. The van der Waals surface area contributed by atoms with Crippen molar-refractivity contribution in [2.24, 2.45) is 0 Å². The number of fused-ring (bicyclic) bond motifs is 3. The summed E-state index contributed by atoms with van der Waals surface area (Å²) in [5.41, 5.74) is 2.26. The van der Waals surface area contributed by atoms with E-state index in [0.29, 0.717) is 16.8 Å². The normalized spacial score (nSPS) is 11.5. The van der Waals surface area contributed by atoms with E-state index in [-0.39, 0.29) is 5.56 Å². The summed E-state index contributed by atoms with van der Waals surface area (Å²) in [6.45, 7) is 2.37. The highest BCUT2D eigenvalue weighted by molar-refractivity contribution is 7.25. The molecule has 2 N–H and O–H groups in total. The van der Waals surface area contributed by atoms with Gasteiger partial charge in [0.2, 0.25) is 0 Å². The van der Waals surface area contributed by atoms with Crippen LogP contribution in [0.5, 0.6) is 0 Å². The summed E-state index contributed by atoms with van der Waals surface area (Å²) in [5, 5.41) is 0.880. The van der Waals surface area contributed by atoms with Gasteiger partial charge in [-0.1, -0.05) is 0 Å². The van der Waals surface area contributed by atoms with Gasteiger partial charge in [-0.2, -0.15) is 0 Å². The minimum absolute atomic E-state index is 0.256. The molecular weight excluding hydrogens is 264 g/mol. The number of hydrogen-bond donors (Lipinski definition) is 1. The number of rotatable bonds is 2. The lowest BCUT2D eigenvalue weighted by molar-refractivity contribution is 0.186. The number of thiophene rings is 1. The number of aromatic nitrogens is 3. The highest BCUT2D eigenvalue weighted by Gasteiger charge is 2.15. The van der Waals surface area contributed by atoms with E-state index in [1.54, 1.807) is 7.11 Å². The molecular formula is C12H12N4O2S. The summed E-state index contributed by atoms with van der Waals surface area (Å²) < 4.78 is 6.71. The number of nitrogens with zero attached hydrogens (tertiary/aromatic N) is 3. The SMILES string of the molecule is COCc1cc(C)nc2sc3c(=O)n(N)cnc3c12. The van der Waals surface area contributed by atoms with Crippen LogP contribution in [0.3, 0.4) is 0 Å². The average Bonchev–Trinajstić information content (AvgIpc) is 2.73. The minimum atomic E-state index is -0.256. The Labute approximate surface area is 112 Å². The molecule has 0 atom stereocenters. The number of nitrogen functional groups attached to an aromatic ring is 1. The highest BCUT2D eigenvalue weighted by Crippen LogP contribution is 2.32. The summed E-state index contributed by atoms with van der Waals surface area (Å²) >= 11 is 1.31. The van der Waals surface area contributed by atoms with Crippen molar-refractivity contribution in [1.82, 2.24) is 14.6 Å². The van der Waals surface area contributed by atoms with Crippen LogP contribution in [0.25, 0.3) is 20.4 Å². The Hall–Kier alpha value is -1.99. The van der Waals surface area contributed by atoms with Gasteiger partial charge >= 0.3 is 0 Å². The molecule has 3 aromatic heterocycles. The van der Waals surface area contributed by atoms with Gasteiger partial charge in [-0.25, -0.2) is 14.6 Å². The molecule has 3 heterocycles. The first-order valence-corrected chi connectivity index (χ1v) is 6.48. The van der Waals surface area contributed by atoms with Gasteiger partial charge < -0.3 is 10.6 Å². The van der Waals surface area contributed by atoms with Gasteiger partial charge in [0, 0.05) is 18.2 Å². The third-order valence-corrected chi connectivity index (χ3v) is 3.95. The first-order chi connectivity index (χ1) is 9.11. The summed E-state index contributed by atoms with van der Waals surface area (Å²) in [4.78, 5) is 21.5. The molecule has 0 spiro atoms. The number of pyridine rings is 1. The molecule has 0 bridgehead atoms. The third kappa shape index (κ3) is 1.78. The Morgan fingerprint density at radius 3 is 3.05 bits per heavy atom. The molecule has 0 fully saturated rings. The van der Waals surface area contributed by atoms with Crippen LogP contribution in [0.4, 0.5) is 0 Å². The molecule has 0 aliphatic rings. The lowest BCUT2D eigenvalue weighted by Crippen LogP contribution is -2.26. The van der Waals surface area contributed by atoms with Gasteiger partial charge in [-0.3, -0.25) is 4.79 Å². The molecule has 0 amide bonds. The fourth-order valence-electron chi connectivity index (χ4n) is 2.12. The summed E-state index contributed by atoms with van der Waals surface area (Å²) in [7, 11) is 1.64. The molecule has 0 aromatic carbocycles. The zero-order chi connectivity index (χ0) is 13.6. The third-order valence-electron chi connectivity index (χ3n) is 2.89. The maximum atomic E-state index is 12.0. The van der Waals surface area contributed by atoms with Crippen LogP contribution in [0.2, 0.25) is 0 Å². The van der Waals surface area contributed by atoms with Crippen molar-refractivity contribution in [1.29, 1.82) is 0 Å². The average molecular weight is 276 g/mol. The second kappa shape index (κ2) is 4.29. The molecule has 0 unspecified atom stereocenters. The van der Waals surface area contributed by atoms with E-state index in [1.807, 2.05) is 13.0 Å². The van der Waals surface area contributed by atoms with Gasteiger partial charge in [0.15, 0.2) is 0 Å². The molecule has 19 heavy (non-hydrogen) atoms. The molecule has 0 aliphatic carbocycles. The molecule has 3 rings (SSSR count). The van der Waals surface area contributed by atoms with Crippen molar-refractivity contribution in [3.8, 4) is 0 Å². The van der Waals surface area contributed by atoms with Crippen LogP contribution in [-0.4, -0.2) is 21.8 Å². The number of aryl methyl sites for hydroxylation is 1. The Morgan fingerprint density at radius 1 is 1.53 bits per heavy atom. The van der Waals surface area contributed by atoms with E-state index in [2.05, 4.69) is 9.97 Å². The van der Waals surface area contributed by atoms with Crippen LogP contribution in [0.1, 0.15) is 11.3 Å². The van der Waals surface area contributed by atoms with E-state index >= 15 is 0 Å². The van der Waals surface area contributed by atoms with Gasteiger partial charge in [0.05, 0.1) is 12.1 Å². The second-order valence-corrected chi connectivity index (χ2v) is 5.27. The van der Waals surface area contributed by atoms with Crippen molar-refractivity contribution in [3.63, 3.8) is 0 Å². The lowest BCUT2D eigenvalue weighted by Gasteiger charge is -2.03.